The minimum absolute atomic E-state index is 0.363. The SMILES string of the molecule is CN(Cc1csc(Br)c1)c1nc2c(s1)CCCC2O. The highest BCUT2D eigenvalue weighted by Crippen LogP contribution is 2.36. The zero-order valence-corrected chi connectivity index (χ0v) is 13.8. The van der Waals surface area contributed by atoms with E-state index in [1.165, 1.54) is 10.4 Å². The van der Waals surface area contributed by atoms with E-state index in [-0.39, 0.29) is 6.10 Å². The Morgan fingerprint density at radius 3 is 3.11 bits per heavy atom. The first-order valence-electron chi connectivity index (χ1n) is 6.25. The second-order valence-electron chi connectivity index (χ2n) is 4.83. The topological polar surface area (TPSA) is 36.4 Å². The second kappa shape index (κ2) is 5.52. The Labute approximate surface area is 129 Å². The Balaban J connectivity index is 1.78. The molecule has 1 atom stereocenters. The summed E-state index contributed by atoms with van der Waals surface area (Å²) in [4.78, 5) is 8.03. The summed E-state index contributed by atoms with van der Waals surface area (Å²) in [6.45, 7) is 0.852. The molecule has 2 aromatic heterocycles. The van der Waals surface area contributed by atoms with Gasteiger partial charge in [0.15, 0.2) is 5.13 Å². The first-order chi connectivity index (χ1) is 9.13. The minimum Gasteiger partial charge on any atom is -0.387 e. The maximum absolute atomic E-state index is 9.97. The summed E-state index contributed by atoms with van der Waals surface area (Å²) in [7, 11) is 2.06. The third kappa shape index (κ3) is 2.86. The zero-order chi connectivity index (χ0) is 13.4. The van der Waals surface area contributed by atoms with Gasteiger partial charge in [0.2, 0.25) is 0 Å². The lowest BCUT2D eigenvalue weighted by atomic mass is 10.0. The summed E-state index contributed by atoms with van der Waals surface area (Å²) < 4.78 is 1.16. The summed E-state index contributed by atoms with van der Waals surface area (Å²) in [6.07, 6.45) is 2.61. The highest BCUT2D eigenvalue weighted by molar-refractivity contribution is 9.11. The molecule has 0 saturated carbocycles. The summed E-state index contributed by atoms with van der Waals surface area (Å²) in [5, 5.41) is 13.1. The van der Waals surface area contributed by atoms with Crippen LogP contribution < -0.4 is 4.90 Å². The molecular formula is C13H15BrN2OS2. The number of hydrogen-bond acceptors (Lipinski definition) is 5. The number of aliphatic hydroxyl groups excluding tert-OH is 1. The molecule has 0 spiro atoms. The Hall–Kier alpha value is -0.430. The Morgan fingerprint density at radius 2 is 2.42 bits per heavy atom. The Morgan fingerprint density at radius 1 is 1.58 bits per heavy atom. The first kappa shape index (κ1) is 13.5. The molecule has 1 N–H and O–H groups in total. The summed E-state index contributed by atoms with van der Waals surface area (Å²) in [5.74, 6) is 0. The van der Waals surface area contributed by atoms with E-state index in [1.54, 1.807) is 22.7 Å². The molecule has 0 saturated heterocycles. The minimum atomic E-state index is -0.363. The Kier molecular flexibility index (Phi) is 3.93. The van der Waals surface area contributed by atoms with Crippen molar-refractivity contribution in [1.82, 2.24) is 4.98 Å². The van der Waals surface area contributed by atoms with Gasteiger partial charge >= 0.3 is 0 Å². The van der Waals surface area contributed by atoms with Crippen molar-refractivity contribution < 1.29 is 5.11 Å². The molecule has 0 fully saturated rings. The van der Waals surface area contributed by atoms with Gasteiger partial charge in [-0.25, -0.2) is 4.98 Å². The largest absolute Gasteiger partial charge is 0.387 e. The molecule has 1 unspecified atom stereocenters. The number of anilines is 1. The lowest BCUT2D eigenvalue weighted by Gasteiger charge is -2.15. The normalized spacial score (nSPS) is 18.4. The molecule has 0 radical (unpaired) electrons. The number of rotatable bonds is 3. The van der Waals surface area contributed by atoms with Crippen molar-refractivity contribution in [1.29, 1.82) is 0 Å². The van der Waals surface area contributed by atoms with Crippen LogP contribution in [0.1, 0.15) is 35.1 Å². The van der Waals surface area contributed by atoms with Crippen LogP contribution in [0.25, 0.3) is 0 Å². The van der Waals surface area contributed by atoms with Crippen LogP contribution in [-0.2, 0) is 13.0 Å². The van der Waals surface area contributed by atoms with Crippen LogP contribution in [0, 0.1) is 0 Å². The van der Waals surface area contributed by atoms with E-state index < -0.39 is 0 Å². The number of aromatic nitrogens is 1. The number of aliphatic hydroxyl groups is 1. The lowest BCUT2D eigenvalue weighted by Crippen LogP contribution is -2.16. The van der Waals surface area contributed by atoms with E-state index in [1.807, 2.05) is 0 Å². The molecule has 19 heavy (non-hydrogen) atoms. The van der Waals surface area contributed by atoms with E-state index in [9.17, 15) is 5.11 Å². The number of hydrogen-bond donors (Lipinski definition) is 1. The number of nitrogens with zero attached hydrogens (tertiary/aromatic N) is 2. The molecule has 6 heteroatoms. The van der Waals surface area contributed by atoms with E-state index in [4.69, 9.17) is 0 Å². The van der Waals surface area contributed by atoms with E-state index in [0.29, 0.717) is 0 Å². The fraction of sp³-hybridized carbons (Fsp3) is 0.462. The highest BCUT2D eigenvalue weighted by Gasteiger charge is 2.23. The molecule has 102 valence electrons. The van der Waals surface area contributed by atoms with Gasteiger partial charge in [0, 0.05) is 18.5 Å². The quantitative estimate of drug-likeness (QED) is 0.901. The maximum Gasteiger partial charge on any atom is 0.185 e. The van der Waals surface area contributed by atoms with Gasteiger partial charge in [0.1, 0.15) is 0 Å². The van der Waals surface area contributed by atoms with Crippen LogP contribution in [0.15, 0.2) is 15.2 Å². The van der Waals surface area contributed by atoms with Crippen LogP contribution in [0.3, 0.4) is 0 Å². The Bertz CT molecular complexity index is 581. The van der Waals surface area contributed by atoms with Crippen LogP contribution in [0.2, 0.25) is 0 Å². The van der Waals surface area contributed by atoms with Gasteiger partial charge in [-0.05, 0) is 52.2 Å². The van der Waals surface area contributed by atoms with Crippen LogP contribution >= 0.6 is 38.6 Å². The van der Waals surface area contributed by atoms with Gasteiger partial charge in [0.25, 0.3) is 0 Å². The molecule has 0 aliphatic heterocycles. The van der Waals surface area contributed by atoms with Gasteiger partial charge < -0.3 is 10.0 Å². The molecular weight excluding hydrogens is 344 g/mol. The van der Waals surface area contributed by atoms with Crippen molar-refractivity contribution in [3.63, 3.8) is 0 Å². The molecule has 3 rings (SSSR count). The summed E-state index contributed by atoms with van der Waals surface area (Å²) in [5.41, 5.74) is 2.19. The number of thiophene rings is 1. The van der Waals surface area contributed by atoms with Crippen LogP contribution in [-0.4, -0.2) is 17.1 Å². The van der Waals surface area contributed by atoms with Gasteiger partial charge in [0.05, 0.1) is 15.6 Å². The van der Waals surface area contributed by atoms with Crippen molar-refractivity contribution in [2.24, 2.45) is 0 Å². The average Bonchev–Trinajstić information content (AvgIpc) is 2.96. The lowest BCUT2D eigenvalue weighted by molar-refractivity contribution is 0.153. The summed E-state index contributed by atoms with van der Waals surface area (Å²) in [6, 6.07) is 2.14. The monoisotopic (exact) mass is 358 g/mol. The highest BCUT2D eigenvalue weighted by atomic mass is 79.9. The molecule has 1 aliphatic carbocycles. The fourth-order valence-corrected chi connectivity index (χ4v) is 4.63. The van der Waals surface area contributed by atoms with Gasteiger partial charge in [-0.1, -0.05) is 0 Å². The number of fused-ring (bicyclic) bond motifs is 1. The predicted octanol–water partition coefficient (Wildman–Crippen LogP) is 3.97. The molecule has 0 aromatic carbocycles. The molecule has 0 bridgehead atoms. The van der Waals surface area contributed by atoms with Crippen molar-refractivity contribution in [3.05, 3.63) is 31.4 Å². The number of halogens is 1. The second-order valence-corrected chi connectivity index (χ2v) is 8.18. The predicted molar refractivity (Wildman–Crippen MR) is 84.1 cm³/mol. The van der Waals surface area contributed by atoms with Crippen LogP contribution in [0.5, 0.6) is 0 Å². The van der Waals surface area contributed by atoms with Crippen LogP contribution in [0.4, 0.5) is 5.13 Å². The number of aryl methyl sites for hydroxylation is 1. The van der Waals surface area contributed by atoms with E-state index in [2.05, 4.69) is 44.3 Å². The average molecular weight is 359 g/mol. The van der Waals surface area contributed by atoms with Crippen molar-refractivity contribution >= 4 is 43.7 Å². The van der Waals surface area contributed by atoms with Gasteiger partial charge in [-0.15, -0.1) is 22.7 Å². The molecule has 2 aromatic rings. The third-order valence-corrected chi connectivity index (χ3v) is 6.08. The van der Waals surface area contributed by atoms with Gasteiger partial charge in [-0.3, -0.25) is 0 Å². The van der Waals surface area contributed by atoms with E-state index in [0.717, 1.165) is 40.4 Å². The van der Waals surface area contributed by atoms with E-state index >= 15 is 0 Å². The molecule has 3 nitrogen and oxygen atoms in total. The maximum atomic E-state index is 9.97. The standard InChI is InChI=1S/C13H15BrN2OS2/c1-16(6-8-5-11(14)18-7-8)13-15-12-9(17)3-2-4-10(12)19-13/h5,7,9,17H,2-4,6H2,1H3. The smallest absolute Gasteiger partial charge is 0.185 e. The fourth-order valence-electron chi connectivity index (χ4n) is 2.32. The third-order valence-electron chi connectivity index (χ3n) is 3.28. The van der Waals surface area contributed by atoms with Crippen molar-refractivity contribution in [2.45, 2.75) is 31.9 Å². The zero-order valence-electron chi connectivity index (χ0n) is 10.6. The van der Waals surface area contributed by atoms with Crippen molar-refractivity contribution in [3.8, 4) is 0 Å². The first-order valence-corrected chi connectivity index (χ1v) is 8.74. The molecule has 0 amide bonds. The number of thiazole rings is 1. The molecule has 2 heterocycles. The van der Waals surface area contributed by atoms with Gasteiger partial charge in [-0.2, -0.15) is 0 Å². The molecule has 1 aliphatic rings. The summed E-state index contributed by atoms with van der Waals surface area (Å²) >= 11 is 6.91. The van der Waals surface area contributed by atoms with Crippen molar-refractivity contribution in [2.75, 3.05) is 11.9 Å².